The molecule has 1 aromatic carbocycles. The summed E-state index contributed by atoms with van der Waals surface area (Å²) in [5.41, 5.74) is 1.08. The van der Waals surface area contributed by atoms with Crippen LogP contribution in [0.1, 0.15) is 25.8 Å². The van der Waals surface area contributed by atoms with E-state index in [2.05, 4.69) is 24.1 Å². The number of pyridine rings is 1. The van der Waals surface area contributed by atoms with E-state index in [1.807, 2.05) is 24.3 Å². The van der Waals surface area contributed by atoms with Crippen molar-refractivity contribution < 1.29 is 4.79 Å². The lowest BCUT2D eigenvalue weighted by Crippen LogP contribution is -2.23. The number of fused-ring (bicyclic) bond motifs is 1. The van der Waals surface area contributed by atoms with Crippen molar-refractivity contribution in [2.45, 2.75) is 20.3 Å². The molecule has 2 aromatic rings. The molecule has 0 saturated carbocycles. The lowest BCUT2D eigenvalue weighted by atomic mass is 10.1. The van der Waals surface area contributed by atoms with Gasteiger partial charge in [0.05, 0.1) is 0 Å². The molecule has 0 aliphatic carbocycles. The van der Waals surface area contributed by atoms with Crippen molar-refractivity contribution >= 4 is 22.9 Å². The van der Waals surface area contributed by atoms with Crippen molar-refractivity contribution in [1.82, 2.24) is 10.3 Å². The fourth-order valence-corrected chi connectivity index (χ4v) is 2.00. The van der Waals surface area contributed by atoms with Crippen LogP contribution in [0.25, 0.3) is 17.0 Å². The van der Waals surface area contributed by atoms with Crippen LogP contribution in [0.5, 0.6) is 0 Å². The summed E-state index contributed by atoms with van der Waals surface area (Å²) < 4.78 is 0. The summed E-state index contributed by atoms with van der Waals surface area (Å²) in [5, 5.41) is 3.74. The van der Waals surface area contributed by atoms with Crippen LogP contribution in [0.15, 0.2) is 41.2 Å². The summed E-state index contributed by atoms with van der Waals surface area (Å²) in [4.78, 5) is 26.4. The van der Waals surface area contributed by atoms with Gasteiger partial charge in [-0.25, -0.2) is 0 Å². The van der Waals surface area contributed by atoms with Gasteiger partial charge in [-0.05, 0) is 35.9 Å². The Labute approximate surface area is 123 Å². The molecule has 4 nitrogen and oxygen atoms in total. The summed E-state index contributed by atoms with van der Waals surface area (Å²) in [6.07, 6.45) is 3.89. The van der Waals surface area contributed by atoms with Crippen LogP contribution in [-0.2, 0) is 4.79 Å². The van der Waals surface area contributed by atoms with Crippen LogP contribution < -0.4 is 10.9 Å². The van der Waals surface area contributed by atoms with Gasteiger partial charge in [-0.15, -0.1) is 0 Å². The first-order valence-corrected chi connectivity index (χ1v) is 7.14. The molecule has 2 N–H and O–H groups in total. The predicted molar refractivity (Wildman–Crippen MR) is 86.1 cm³/mol. The molecule has 0 atom stereocenters. The molecule has 0 aliphatic heterocycles. The fourth-order valence-electron chi connectivity index (χ4n) is 2.00. The zero-order valence-corrected chi connectivity index (χ0v) is 12.3. The van der Waals surface area contributed by atoms with Gasteiger partial charge in [-0.3, -0.25) is 9.59 Å². The molecule has 1 amide bonds. The summed E-state index contributed by atoms with van der Waals surface area (Å²) in [5.74, 6) is 0.376. The molecule has 0 aliphatic rings. The minimum Gasteiger partial charge on any atom is -0.353 e. The molecule has 4 heteroatoms. The maximum Gasteiger partial charge on any atom is 0.255 e. The molecular weight excluding hydrogens is 264 g/mol. The molecule has 1 aromatic heterocycles. The number of hydrogen-bond acceptors (Lipinski definition) is 2. The Balaban J connectivity index is 2.08. The van der Waals surface area contributed by atoms with E-state index >= 15 is 0 Å². The molecule has 0 spiro atoms. The van der Waals surface area contributed by atoms with Gasteiger partial charge in [0.25, 0.3) is 5.56 Å². The van der Waals surface area contributed by atoms with Gasteiger partial charge in [0.15, 0.2) is 0 Å². The minimum atomic E-state index is -0.195. The van der Waals surface area contributed by atoms with Gasteiger partial charge >= 0.3 is 0 Å². The number of amides is 1. The maximum atomic E-state index is 11.9. The second kappa shape index (κ2) is 6.88. The average Bonchev–Trinajstić information content (AvgIpc) is 2.44. The Kier molecular flexibility index (Phi) is 4.93. The third-order valence-electron chi connectivity index (χ3n) is 3.22. The molecule has 21 heavy (non-hydrogen) atoms. The first-order valence-electron chi connectivity index (χ1n) is 7.14. The summed E-state index contributed by atoms with van der Waals surface area (Å²) in [6.45, 7) is 4.86. The maximum absolute atomic E-state index is 11.9. The fraction of sp³-hybridized carbons (Fsp3) is 0.294. The van der Waals surface area contributed by atoms with Crippen molar-refractivity contribution in [3.63, 3.8) is 0 Å². The standard InChI is InChI=1S/C17H20N2O2/c1-12(2)9-10-18-16(20)8-7-14-11-13-5-3-4-6-15(13)19-17(14)21/h3-8,11-12H,9-10H2,1-2H3,(H,18,20)(H,19,21)/b8-7+. The Bertz CT molecular complexity index is 714. The number of rotatable bonds is 5. The molecule has 0 unspecified atom stereocenters. The third-order valence-corrected chi connectivity index (χ3v) is 3.22. The molecule has 1 heterocycles. The topological polar surface area (TPSA) is 62.0 Å². The van der Waals surface area contributed by atoms with Crippen LogP contribution in [0, 0.1) is 5.92 Å². The molecule has 0 saturated heterocycles. The van der Waals surface area contributed by atoms with E-state index in [1.165, 1.54) is 6.08 Å². The molecule has 0 radical (unpaired) electrons. The van der Waals surface area contributed by atoms with E-state index in [9.17, 15) is 9.59 Å². The number of carbonyl (C=O) groups is 1. The summed E-state index contributed by atoms with van der Waals surface area (Å²) >= 11 is 0. The summed E-state index contributed by atoms with van der Waals surface area (Å²) in [7, 11) is 0. The number of aromatic amines is 1. The average molecular weight is 284 g/mol. The lowest BCUT2D eigenvalue weighted by molar-refractivity contribution is -0.116. The number of para-hydroxylation sites is 1. The van der Waals surface area contributed by atoms with Crippen molar-refractivity contribution in [3.05, 3.63) is 52.3 Å². The van der Waals surface area contributed by atoms with Crippen molar-refractivity contribution in [2.75, 3.05) is 6.54 Å². The van der Waals surface area contributed by atoms with E-state index < -0.39 is 0 Å². The first-order chi connectivity index (χ1) is 10.1. The lowest BCUT2D eigenvalue weighted by Gasteiger charge is -2.04. The number of hydrogen-bond donors (Lipinski definition) is 2. The summed E-state index contributed by atoms with van der Waals surface area (Å²) in [6, 6.07) is 9.34. The Hall–Kier alpha value is -2.36. The van der Waals surface area contributed by atoms with Gasteiger partial charge in [-0.2, -0.15) is 0 Å². The first kappa shape index (κ1) is 15.0. The number of carbonyl (C=O) groups excluding carboxylic acids is 1. The Morgan fingerprint density at radius 2 is 2.10 bits per heavy atom. The smallest absolute Gasteiger partial charge is 0.255 e. The highest BCUT2D eigenvalue weighted by Gasteiger charge is 2.01. The van der Waals surface area contributed by atoms with Gasteiger partial charge in [0, 0.05) is 23.7 Å². The predicted octanol–water partition coefficient (Wildman–Crippen LogP) is 2.70. The zero-order chi connectivity index (χ0) is 15.2. The monoisotopic (exact) mass is 284 g/mol. The minimum absolute atomic E-state index is 0.178. The van der Waals surface area contributed by atoms with Crippen LogP contribution >= 0.6 is 0 Å². The van der Waals surface area contributed by atoms with E-state index in [0.717, 1.165) is 17.3 Å². The molecule has 110 valence electrons. The quantitative estimate of drug-likeness (QED) is 0.829. The van der Waals surface area contributed by atoms with Gasteiger partial charge in [0.1, 0.15) is 0 Å². The van der Waals surface area contributed by atoms with Gasteiger partial charge < -0.3 is 10.3 Å². The van der Waals surface area contributed by atoms with Crippen LogP contribution in [0.2, 0.25) is 0 Å². The molecular formula is C17H20N2O2. The van der Waals surface area contributed by atoms with E-state index in [1.54, 1.807) is 12.1 Å². The molecule has 0 fully saturated rings. The third kappa shape index (κ3) is 4.31. The van der Waals surface area contributed by atoms with Crippen molar-refractivity contribution in [1.29, 1.82) is 0 Å². The molecule has 2 rings (SSSR count). The SMILES string of the molecule is CC(C)CCNC(=O)/C=C/c1cc2ccccc2[nH]c1=O. The zero-order valence-electron chi connectivity index (χ0n) is 12.3. The van der Waals surface area contributed by atoms with E-state index in [4.69, 9.17) is 0 Å². The highest BCUT2D eigenvalue weighted by molar-refractivity contribution is 5.92. The number of benzene rings is 1. The van der Waals surface area contributed by atoms with Gasteiger partial charge in [-0.1, -0.05) is 32.0 Å². The highest BCUT2D eigenvalue weighted by atomic mass is 16.1. The normalized spacial score (nSPS) is 11.4. The second-order valence-corrected chi connectivity index (χ2v) is 5.45. The van der Waals surface area contributed by atoms with E-state index in [-0.39, 0.29) is 11.5 Å². The largest absolute Gasteiger partial charge is 0.353 e. The van der Waals surface area contributed by atoms with Crippen LogP contribution in [0.3, 0.4) is 0 Å². The van der Waals surface area contributed by atoms with Crippen molar-refractivity contribution in [2.24, 2.45) is 5.92 Å². The van der Waals surface area contributed by atoms with Gasteiger partial charge in [0.2, 0.25) is 5.91 Å². The van der Waals surface area contributed by atoms with E-state index in [0.29, 0.717) is 18.0 Å². The number of nitrogens with one attached hydrogen (secondary N) is 2. The highest BCUT2D eigenvalue weighted by Crippen LogP contribution is 2.10. The number of H-pyrrole nitrogens is 1. The van der Waals surface area contributed by atoms with Crippen molar-refractivity contribution in [3.8, 4) is 0 Å². The second-order valence-electron chi connectivity index (χ2n) is 5.45. The van der Waals surface area contributed by atoms with Crippen LogP contribution in [0.4, 0.5) is 0 Å². The molecule has 0 bridgehead atoms. The Morgan fingerprint density at radius 3 is 2.86 bits per heavy atom. The Morgan fingerprint density at radius 1 is 1.33 bits per heavy atom. The van der Waals surface area contributed by atoms with Crippen LogP contribution in [-0.4, -0.2) is 17.4 Å². The number of aromatic nitrogens is 1.